The summed E-state index contributed by atoms with van der Waals surface area (Å²) in [7, 11) is 3.39. The fraction of sp³-hybridized carbons (Fsp3) is 0.267. The Morgan fingerprint density at radius 2 is 2.10 bits per heavy atom. The van der Waals surface area contributed by atoms with Crippen LogP contribution in [0.5, 0.6) is 5.75 Å². The molecule has 0 aliphatic rings. The number of thiophene rings is 1. The average Bonchev–Trinajstić information content (AvgIpc) is 3.01. The van der Waals surface area contributed by atoms with E-state index in [1.54, 1.807) is 31.6 Å². The number of hydrogen-bond acceptors (Lipinski definition) is 3. The number of halogens is 1. The van der Waals surface area contributed by atoms with Crippen LogP contribution in [0.3, 0.4) is 0 Å². The molecule has 1 heterocycles. The standard InChI is InChI=1S/C15H18ClN3OS/c1-17-15(19-10-13-4-3-7-21-13)18-9-11-5-6-12(16)8-14(11)20-2/h3-8H,9-10H2,1-2H3,(H2,17,18,19). The summed E-state index contributed by atoms with van der Waals surface area (Å²) in [6.45, 7) is 1.37. The molecule has 0 fully saturated rings. The van der Waals surface area contributed by atoms with Gasteiger partial charge in [-0.3, -0.25) is 4.99 Å². The van der Waals surface area contributed by atoms with Crippen molar-refractivity contribution in [3.63, 3.8) is 0 Å². The molecule has 0 saturated carbocycles. The van der Waals surface area contributed by atoms with E-state index in [1.165, 1.54) is 4.88 Å². The maximum atomic E-state index is 5.96. The van der Waals surface area contributed by atoms with Crippen LogP contribution >= 0.6 is 22.9 Å². The fourth-order valence-corrected chi connectivity index (χ4v) is 2.65. The van der Waals surface area contributed by atoms with Crippen LogP contribution in [-0.4, -0.2) is 20.1 Å². The lowest BCUT2D eigenvalue weighted by Crippen LogP contribution is -2.36. The SMILES string of the molecule is CN=C(NCc1cccs1)NCc1ccc(Cl)cc1OC. The van der Waals surface area contributed by atoms with E-state index >= 15 is 0 Å². The third-order valence-electron chi connectivity index (χ3n) is 2.93. The summed E-state index contributed by atoms with van der Waals surface area (Å²) in [5.41, 5.74) is 1.03. The van der Waals surface area contributed by atoms with Gasteiger partial charge in [-0.1, -0.05) is 23.7 Å². The summed E-state index contributed by atoms with van der Waals surface area (Å²) in [5.74, 6) is 1.52. The van der Waals surface area contributed by atoms with Gasteiger partial charge in [0.05, 0.1) is 13.7 Å². The highest BCUT2D eigenvalue weighted by atomic mass is 35.5. The van der Waals surface area contributed by atoms with Crippen molar-refractivity contribution < 1.29 is 4.74 Å². The fourth-order valence-electron chi connectivity index (χ4n) is 1.85. The van der Waals surface area contributed by atoms with Crippen molar-refractivity contribution in [2.24, 2.45) is 4.99 Å². The second-order valence-electron chi connectivity index (χ2n) is 4.31. The van der Waals surface area contributed by atoms with E-state index in [9.17, 15) is 0 Å². The Balaban J connectivity index is 1.91. The highest BCUT2D eigenvalue weighted by Crippen LogP contribution is 2.22. The van der Waals surface area contributed by atoms with E-state index in [-0.39, 0.29) is 0 Å². The van der Waals surface area contributed by atoms with Crippen molar-refractivity contribution in [1.82, 2.24) is 10.6 Å². The number of aliphatic imine (C=N–C) groups is 1. The van der Waals surface area contributed by atoms with Gasteiger partial charge in [0.2, 0.25) is 0 Å². The van der Waals surface area contributed by atoms with Crippen molar-refractivity contribution in [2.45, 2.75) is 13.1 Å². The van der Waals surface area contributed by atoms with Crippen molar-refractivity contribution in [3.05, 3.63) is 51.2 Å². The van der Waals surface area contributed by atoms with Crippen LogP contribution in [0, 0.1) is 0 Å². The molecule has 112 valence electrons. The van der Waals surface area contributed by atoms with Crippen LogP contribution < -0.4 is 15.4 Å². The van der Waals surface area contributed by atoms with Gasteiger partial charge < -0.3 is 15.4 Å². The molecule has 0 amide bonds. The highest BCUT2D eigenvalue weighted by molar-refractivity contribution is 7.09. The molecule has 0 bridgehead atoms. The quantitative estimate of drug-likeness (QED) is 0.655. The number of nitrogens with zero attached hydrogens (tertiary/aromatic N) is 1. The molecular formula is C15H18ClN3OS. The summed E-state index contributed by atoms with van der Waals surface area (Å²) in [5, 5.41) is 9.26. The van der Waals surface area contributed by atoms with E-state index in [0.29, 0.717) is 11.6 Å². The molecule has 2 rings (SSSR count). The van der Waals surface area contributed by atoms with Crippen LogP contribution in [0.15, 0.2) is 40.7 Å². The normalized spacial score (nSPS) is 11.3. The zero-order chi connectivity index (χ0) is 15.1. The van der Waals surface area contributed by atoms with Gasteiger partial charge in [-0.25, -0.2) is 0 Å². The molecule has 2 N–H and O–H groups in total. The highest BCUT2D eigenvalue weighted by Gasteiger charge is 2.05. The molecule has 6 heteroatoms. The van der Waals surface area contributed by atoms with Crippen LogP contribution in [-0.2, 0) is 13.1 Å². The maximum Gasteiger partial charge on any atom is 0.191 e. The van der Waals surface area contributed by atoms with Crippen molar-refractivity contribution in [1.29, 1.82) is 0 Å². The number of methoxy groups -OCH3 is 1. The summed E-state index contributed by atoms with van der Waals surface area (Å²) in [6.07, 6.45) is 0. The first-order valence-electron chi connectivity index (χ1n) is 6.52. The minimum atomic E-state index is 0.616. The van der Waals surface area contributed by atoms with Crippen molar-refractivity contribution in [2.75, 3.05) is 14.2 Å². The molecule has 0 atom stereocenters. The van der Waals surface area contributed by atoms with Gasteiger partial charge in [-0.2, -0.15) is 0 Å². The molecule has 0 saturated heterocycles. The van der Waals surface area contributed by atoms with Gasteiger partial charge in [0, 0.05) is 29.1 Å². The number of ether oxygens (including phenoxy) is 1. The first-order chi connectivity index (χ1) is 10.2. The smallest absolute Gasteiger partial charge is 0.191 e. The van der Waals surface area contributed by atoms with Crippen LogP contribution in [0.2, 0.25) is 5.02 Å². The summed E-state index contributed by atoms with van der Waals surface area (Å²) >= 11 is 7.67. The van der Waals surface area contributed by atoms with E-state index in [4.69, 9.17) is 16.3 Å². The Morgan fingerprint density at radius 3 is 2.76 bits per heavy atom. The van der Waals surface area contributed by atoms with E-state index in [2.05, 4.69) is 27.1 Å². The number of benzene rings is 1. The number of hydrogen-bond donors (Lipinski definition) is 2. The molecule has 1 aromatic heterocycles. The molecule has 0 aliphatic heterocycles. The minimum absolute atomic E-state index is 0.616. The lowest BCUT2D eigenvalue weighted by molar-refractivity contribution is 0.409. The van der Waals surface area contributed by atoms with Crippen LogP contribution in [0.1, 0.15) is 10.4 Å². The van der Waals surface area contributed by atoms with Gasteiger partial charge in [-0.05, 0) is 23.6 Å². The van der Waals surface area contributed by atoms with Gasteiger partial charge in [0.25, 0.3) is 0 Å². The van der Waals surface area contributed by atoms with Gasteiger partial charge in [0.15, 0.2) is 5.96 Å². The predicted molar refractivity (Wildman–Crippen MR) is 89.4 cm³/mol. The van der Waals surface area contributed by atoms with Gasteiger partial charge in [-0.15, -0.1) is 11.3 Å². The summed E-state index contributed by atoms with van der Waals surface area (Å²) < 4.78 is 5.33. The Bertz CT molecular complexity index is 599. The second-order valence-corrected chi connectivity index (χ2v) is 5.78. The number of nitrogens with one attached hydrogen (secondary N) is 2. The Labute approximate surface area is 133 Å². The third-order valence-corrected chi connectivity index (χ3v) is 4.04. The van der Waals surface area contributed by atoms with Gasteiger partial charge >= 0.3 is 0 Å². The van der Waals surface area contributed by atoms with Crippen molar-refractivity contribution >= 4 is 28.9 Å². The monoisotopic (exact) mass is 323 g/mol. The van der Waals surface area contributed by atoms with E-state index < -0.39 is 0 Å². The number of guanidine groups is 1. The van der Waals surface area contributed by atoms with E-state index in [1.807, 2.05) is 18.2 Å². The molecule has 0 spiro atoms. The summed E-state index contributed by atoms with van der Waals surface area (Å²) in [6, 6.07) is 9.73. The minimum Gasteiger partial charge on any atom is -0.496 e. The predicted octanol–water partition coefficient (Wildman–Crippen LogP) is 3.28. The molecule has 0 radical (unpaired) electrons. The second kappa shape index (κ2) is 7.90. The topological polar surface area (TPSA) is 45.7 Å². The Morgan fingerprint density at radius 1 is 1.29 bits per heavy atom. The molecule has 21 heavy (non-hydrogen) atoms. The van der Waals surface area contributed by atoms with Crippen LogP contribution in [0.25, 0.3) is 0 Å². The lowest BCUT2D eigenvalue weighted by atomic mass is 10.2. The molecule has 2 aromatic rings. The Kier molecular flexibility index (Phi) is 5.90. The zero-order valence-electron chi connectivity index (χ0n) is 12.0. The first kappa shape index (κ1) is 15.7. The Hall–Kier alpha value is -1.72. The zero-order valence-corrected chi connectivity index (χ0v) is 13.6. The maximum absolute atomic E-state index is 5.96. The first-order valence-corrected chi connectivity index (χ1v) is 7.78. The molecular weight excluding hydrogens is 306 g/mol. The summed E-state index contributed by atoms with van der Waals surface area (Å²) in [4.78, 5) is 5.47. The molecule has 1 aromatic carbocycles. The number of rotatable bonds is 5. The third kappa shape index (κ3) is 4.65. The van der Waals surface area contributed by atoms with Crippen molar-refractivity contribution in [3.8, 4) is 5.75 Å². The average molecular weight is 324 g/mol. The van der Waals surface area contributed by atoms with Gasteiger partial charge in [0.1, 0.15) is 5.75 Å². The lowest BCUT2D eigenvalue weighted by Gasteiger charge is -2.13. The van der Waals surface area contributed by atoms with Crippen LogP contribution in [0.4, 0.5) is 0 Å². The van der Waals surface area contributed by atoms with E-state index in [0.717, 1.165) is 23.8 Å². The molecule has 0 unspecified atom stereocenters. The molecule has 4 nitrogen and oxygen atoms in total. The molecule has 0 aliphatic carbocycles. The largest absolute Gasteiger partial charge is 0.496 e.